The molecule has 0 spiro atoms. The van der Waals surface area contributed by atoms with Gasteiger partial charge in [0.05, 0.1) is 18.4 Å². The molecule has 4 heteroatoms. The maximum Gasteiger partial charge on any atom is 0.138 e. The molecule has 2 rings (SSSR count). The van der Waals surface area contributed by atoms with Crippen LogP contribution < -0.4 is 5.32 Å². The smallest absolute Gasteiger partial charge is 0.138 e. The summed E-state index contributed by atoms with van der Waals surface area (Å²) < 4.78 is 10.9. The Balaban J connectivity index is 1.60. The van der Waals surface area contributed by atoms with Crippen LogP contribution in [0.1, 0.15) is 42.7 Å². The van der Waals surface area contributed by atoms with E-state index in [1.807, 2.05) is 13.8 Å². The Morgan fingerprint density at radius 1 is 1.35 bits per heavy atom. The number of hydrogen-bond donors (Lipinski definition) is 1. The second-order valence-corrected chi connectivity index (χ2v) is 4.76. The van der Waals surface area contributed by atoms with Crippen LogP contribution in [0.2, 0.25) is 0 Å². The van der Waals surface area contributed by atoms with E-state index in [0.717, 1.165) is 31.2 Å². The van der Waals surface area contributed by atoms with Gasteiger partial charge >= 0.3 is 0 Å². The largest absolute Gasteiger partial charge is 0.377 e. The van der Waals surface area contributed by atoms with Crippen molar-refractivity contribution in [2.45, 2.75) is 52.2 Å². The molecule has 4 nitrogen and oxygen atoms in total. The fraction of sp³-hybridized carbons (Fsp3) is 0.769. The molecule has 0 saturated heterocycles. The third-order valence-electron chi connectivity index (χ3n) is 3.42. The molecule has 1 aliphatic rings. The van der Waals surface area contributed by atoms with Gasteiger partial charge in [-0.25, -0.2) is 0 Å². The van der Waals surface area contributed by atoms with Crippen molar-refractivity contribution in [3.8, 4) is 0 Å². The summed E-state index contributed by atoms with van der Waals surface area (Å²) >= 11 is 0. The average Bonchev–Trinajstić information content (AvgIpc) is 2.92. The number of aromatic nitrogens is 1. The lowest BCUT2D eigenvalue weighted by Gasteiger charge is -2.11. The van der Waals surface area contributed by atoms with Crippen LogP contribution in [-0.2, 0) is 11.3 Å². The number of nitrogens with one attached hydrogen (secondary N) is 1. The lowest BCUT2D eigenvalue weighted by molar-refractivity contribution is 0.0602. The minimum absolute atomic E-state index is 0.510. The normalized spacial score (nSPS) is 16.8. The van der Waals surface area contributed by atoms with Crippen molar-refractivity contribution < 1.29 is 9.26 Å². The summed E-state index contributed by atoms with van der Waals surface area (Å²) in [6.07, 6.45) is 5.65. The summed E-state index contributed by atoms with van der Waals surface area (Å²) in [5, 5.41) is 7.30. The Hall–Kier alpha value is -0.870. The van der Waals surface area contributed by atoms with Crippen LogP contribution in [0.5, 0.6) is 0 Å². The molecular formula is C13H22N2O2. The molecule has 1 aromatic heterocycles. The summed E-state index contributed by atoms with van der Waals surface area (Å²) in [7, 11) is 0. The molecule has 1 saturated carbocycles. The Bertz CT molecular complexity index is 324. The van der Waals surface area contributed by atoms with E-state index >= 15 is 0 Å². The fourth-order valence-corrected chi connectivity index (χ4v) is 2.32. The van der Waals surface area contributed by atoms with E-state index in [1.165, 1.54) is 31.2 Å². The lowest BCUT2D eigenvalue weighted by atomic mass is 10.2. The van der Waals surface area contributed by atoms with Gasteiger partial charge in [0.15, 0.2) is 0 Å². The van der Waals surface area contributed by atoms with Gasteiger partial charge in [0, 0.05) is 18.7 Å². The zero-order valence-electron chi connectivity index (χ0n) is 10.8. The van der Waals surface area contributed by atoms with E-state index in [4.69, 9.17) is 9.26 Å². The highest BCUT2D eigenvalue weighted by atomic mass is 16.5. The van der Waals surface area contributed by atoms with E-state index < -0.39 is 0 Å². The quantitative estimate of drug-likeness (QED) is 0.773. The topological polar surface area (TPSA) is 47.3 Å². The minimum Gasteiger partial charge on any atom is -0.377 e. The van der Waals surface area contributed by atoms with E-state index in [9.17, 15) is 0 Å². The lowest BCUT2D eigenvalue weighted by Crippen LogP contribution is -2.22. The maximum absolute atomic E-state index is 5.78. The summed E-state index contributed by atoms with van der Waals surface area (Å²) in [6, 6.07) is 0. The van der Waals surface area contributed by atoms with E-state index in [0.29, 0.717) is 6.10 Å². The molecule has 0 aliphatic heterocycles. The minimum atomic E-state index is 0.510. The molecule has 1 heterocycles. The highest BCUT2D eigenvalue weighted by Crippen LogP contribution is 2.20. The predicted molar refractivity (Wildman–Crippen MR) is 65.9 cm³/mol. The number of nitrogens with zero attached hydrogens (tertiary/aromatic N) is 1. The monoisotopic (exact) mass is 238 g/mol. The number of rotatable bonds is 6. The maximum atomic E-state index is 5.78. The van der Waals surface area contributed by atoms with Gasteiger partial charge in [0.2, 0.25) is 0 Å². The number of aryl methyl sites for hydroxylation is 2. The van der Waals surface area contributed by atoms with E-state index in [-0.39, 0.29) is 0 Å². The zero-order valence-corrected chi connectivity index (χ0v) is 10.8. The molecule has 1 fully saturated rings. The molecule has 0 atom stereocenters. The van der Waals surface area contributed by atoms with Crippen LogP contribution in [0, 0.1) is 13.8 Å². The Labute approximate surface area is 103 Å². The molecule has 1 N–H and O–H groups in total. The third-order valence-corrected chi connectivity index (χ3v) is 3.42. The van der Waals surface area contributed by atoms with Crippen molar-refractivity contribution in [1.82, 2.24) is 10.5 Å². The van der Waals surface area contributed by atoms with Crippen LogP contribution in [-0.4, -0.2) is 24.4 Å². The van der Waals surface area contributed by atoms with Crippen LogP contribution >= 0.6 is 0 Å². The third kappa shape index (κ3) is 3.54. The van der Waals surface area contributed by atoms with Crippen LogP contribution in [0.15, 0.2) is 4.52 Å². The number of ether oxygens (including phenoxy) is 1. The number of hydrogen-bond acceptors (Lipinski definition) is 4. The van der Waals surface area contributed by atoms with Crippen LogP contribution in [0.3, 0.4) is 0 Å². The first kappa shape index (κ1) is 12.6. The van der Waals surface area contributed by atoms with Gasteiger partial charge in [0.25, 0.3) is 0 Å². The molecule has 96 valence electrons. The first-order chi connectivity index (χ1) is 8.27. The first-order valence-corrected chi connectivity index (χ1v) is 6.51. The molecule has 1 aliphatic carbocycles. The Morgan fingerprint density at radius 2 is 2.12 bits per heavy atom. The average molecular weight is 238 g/mol. The Morgan fingerprint density at radius 3 is 2.76 bits per heavy atom. The molecule has 0 unspecified atom stereocenters. The second kappa shape index (κ2) is 6.17. The van der Waals surface area contributed by atoms with Crippen molar-refractivity contribution in [1.29, 1.82) is 0 Å². The highest BCUT2D eigenvalue weighted by Gasteiger charge is 2.14. The molecule has 0 aromatic carbocycles. The Kier molecular flexibility index (Phi) is 4.57. The van der Waals surface area contributed by atoms with Crippen LogP contribution in [0.25, 0.3) is 0 Å². The summed E-state index contributed by atoms with van der Waals surface area (Å²) in [5.41, 5.74) is 2.15. The zero-order chi connectivity index (χ0) is 12.1. The second-order valence-electron chi connectivity index (χ2n) is 4.76. The highest BCUT2D eigenvalue weighted by molar-refractivity contribution is 5.20. The van der Waals surface area contributed by atoms with E-state index in [1.54, 1.807) is 0 Å². The van der Waals surface area contributed by atoms with Gasteiger partial charge in [-0.1, -0.05) is 18.0 Å². The van der Waals surface area contributed by atoms with Crippen molar-refractivity contribution in [3.05, 3.63) is 17.0 Å². The molecule has 1 aromatic rings. The van der Waals surface area contributed by atoms with Crippen molar-refractivity contribution in [2.24, 2.45) is 0 Å². The standard InChI is InChI=1S/C13H22N2O2/c1-10-13(11(2)17-15-10)9-14-7-8-16-12-5-3-4-6-12/h12,14H,3-9H2,1-2H3. The van der Waals surface area contributed by atoms with Crippen molar-refractivity contribution >= 4 is 0 Å². The van der Waals surface area contributed by atoms with Crippen molar-refractivity contribution in [2.75, 3.05) is 13.2 Å². The molecule has 0 radical (unpaired) electrons. The molecular weight excluding hydrogens is 216 g/mol. The van der Waals surface area contributed by atoms with Crippen LogP contribution in [0.4, 0.5) is 0 Å². The summed E-state index contributed by atoms with van der Waals surface area (Å²) in [4.78, 5) is 0. The molecule has 17 heavy (non-hydrogen) atoms. The fourth-order valence-electron chi connectivity index (χ4n) is 2.32. The van der Waals surface area contributed by atoms with Crippen molar-refractivity contribution in [3.63, 3.8) is 0 Å². The SMILES string of the molecule is Cc1noc(C)c1CNCCOC1CCCC1. The van der Waals surface area contributed by atoms with E-state index in [2.05, 4.69) is 10.5 Å². The van der Waals surface area contributed by atoms with Gasteiger partial charge in [-0.15, -0.1) is 0 Å². The summed E-state index contributed by atoms with van der Waals surface area (Å²) in [6.45, 7) is 6.43. The summed E-state index contributed by atoms with van der Waals surface area (Å²) in [5.74, 6) is 0.909. The molecule has 0 amide bonds. The van der Waals surface area contributed by atoms with Gasteiger partial charge in [-0.05, 0) is 26.7 Å². The first-order valence-electron chi connectivity index (χ1n) is 6.51. The van der Waals surface area contributed by atoms with Gasteiger partial charge in [-0.2, -0.15) is 0 Å². The van der Waals surface area contributed by atoms with Gasteiger partial charge < -0.3 is 14.6 Å². The van der Waals surface area contributed by atoms with Gasteiger partial charge in [0.1, 0.15) is 5.76 Å². The van der Waals surface area contributed by atoms with Gasteiger partial charge in [-0.3, -0.25) is 0 Å². The molecule has 0 bridgehead atoms. The predicted octanol–water partition coefficient (Wildman–Crippen LogP) is 2.34.